The number of hydrogen-bond donors (Lipinski definition) is 2. The first-order chi connectivity index (χ1) is 11.6. The lowest BCUT2D eigenvalue weighted by Gasteiger charge is -2.36. The van der Waals surface area contributed by atoms with Gasteiger partial charge in [-0.25, -0.2) is 9.18 Å². The van der Waals surface area contributed by atoms with Crippen LogP contribution in [-0.4, -0.2) is 18.2 Å². The second-order valence-corrected chi connectivity index (χ2v) is 6.25. The molecule has 0 radical (unpaired) electrons. The highest BCUT2D eigenvalue weighted by Crippen LogP contribution is 2.29. The quantitative estimate of drug-likeness (QED) is 0.844. The summed E-state index contributed by atoms with van der Waals surface area (Å²) in [6, 6.07) is 13.9. The second-order valence-electron chi connectivity index (χ2n) is 5.84. The summed E-state index contributed by atoms with van der Waals surface area (Å²) in [4.78, 5) is 11.8. The van der Waals surface area contributed by atoms with E-state index in [2.05, 4.69) is 10.6 Å². The van der Waals surface area contributed by atoms with E-state index in [-0.39, 0.29) is 24.5 Å². The smallest absolute Gasteiger partial charge is 0.407 e. The number of carbonyl (C=O) groups excluding carboxylic acids is 1. The Bertz CT molecular complexity index is 705. The number of ether oxygens (including phenoxy) is 1. The van der Waals surface area contributed by atoms with Gasteiger partial charge in [0.05, 0.1) is 10.7 Å². The molecule has 1 fully saturated rings. The van der Waals surface area contributed by atoms with E-state index in [0.717, 1.165) is 18.4 Å². The van der Waals surface area contributed by atoms with Crippen molar-refractivity contribution in [2.75, 3.05) is 5.32 Å². The third-order valence-corrected chi connectivity index (χ3v) is 4.29. The van der Waals surface area contributed by atoms with Crippen molar-refractivity contribution >= 4 is 23.4 Å². The van der Waals surface area contributed by atoms with Crippen LogP contribution in [0.1, 0.15) is 18.4 Å². The molecule has 2 aromatic rings. The molecular formula is C18H18ClFN2O2. The van der Waals surface area contributed by atoms with Crippen molar-refractivity contribution in [2.24, 2.45) is 0 Å². The fraction of sp³-hybridized carbons (Fsp3) is 0.278. The predicted octanol–water partition coefficient (Wildman–Crippen LogP) is 4.35. The molecule has 1 aliphatic carbocycles. The van der Waals surface area contributed by atoms with Crippen molar-refractivity contribution in [2.45, 2.75) is 31.5 Å². The Morgan fingerprint density at radius 1 is 1.17 bits per heavy atom. The zero-order valence-corrected chi connectivity index (χ0v) is 13.7. The lowest BCUT2D eigenvalue weighted by molar-refractivity contribution is 0.129. The average Bonchev–Trinajstić information content (AvgIpc) is 2.55. The molecule has 1 amide bonds. The van der Waals surface area contributed by atoms with Crippen LogP contribution in [0.2, 0.25) is 5.02 Å². The Kier molecular flexibility index (Phi) is 5.20. The Morgan fingerprint density at radius 2 is 1.92 bits per heavy atom. The van der Waals surface area contributed by atoms with Crippen LogP contribution in [0, 0.1) is 5.82 Å². The monoisotopic (exact) mass is 348 g/mol. The molecule has 0 aliphatic heterocycles. The molecule has 2 aromatic carbocycles. The standard InChI is InChI=1S/C18H18ClFN2O2/c19-16-7-6-13(20)8-17(16)21-14-9-15(10-14)22-18(23)24-11-12-4-2-1-3-5-12/h1-8,14-15,21H,9-11H2,(H,22,23). The Balaban J connectivity index is 1.39. The summed E-state index contributed by atoms with van der Waals surface area (Å²) in [6.45, 7) is 0.250. The molecule has 0 spiro atoms. The summed E-state index contributed by atoms with van der Waals surface area (Å²) in [7, 11) is 0. The van der Waals surface area contributed by atoms with Gasteiger partial charge in [-0.2, -0.15) is 0 Å². The minimum Gasteiger partial charge on any atom is -0.445 e. The number of anilines is 1. The van der Waals surface area contributed by atoms with E-state index in [0.29, 0.717) is 10.7 Å². The summed E-state index contributed by atoms with van der Waals surface area (Å²) < 4.78 is 18.4. The van der Waals surface area contributed by atoms with Gasteiger partial charge in [0.25, 0.3) is 0 Å². The number of alkyl carbamates (subject to hydrolysis) is 1. The fourth-order valence-electron chi connectivity index (χ4n) is 2.61. The third-order valence-electron chi connectivity index (χ3n) is 3.96. The van der Waals surface area contributed by atoms with Gasteiger partial charge in [0.1, 0.15) is 12.4 Å². The van der Waals surface area contributed by atoms with Crippen LogP contribution in [0.4, 0.5) is 14.9 Å². The van der Waals surface area contributed by atoms with Gasteiger partial charge in [-0.15, -0.1) is 0 Å². The van der Waals surface area contributed by atoms with Crippen LogP contribution < -0.4 is 10.6 Å². The van der Waals surface area contributed by atoms with Crippen molar-refractivity contribution < 1.29 is 13.9 Å². The van der Waals surface area contributed by atoms with E-state index in [1.165, 1.54) is 18.2 Å². The maximum absolute atomic E-state index is 13.2. The van der Waals surface area contributed by atoms with Crippen molar-refractivity contribution in [1.82, 2.24) is 5.32 Å². The van der Waals surface area contributed by atoms with Crippen molar-refractivity contribution in [3.8, 4) is 0 Å². The van der Waals surface area contributed by atoms with Gasteiger partial charge in [-0.3, -0.25) is 0 Å². The number of carbonyl (C=O) groups is 1. The summed E-state index contributed by atoms with van der Waals surface area (Å²) >= 11 is 6.02. The maximum atomic E-state index is 13.2. The highest BCUT2D eigenvalue weighted by molar-refractivity contribution is 6.33. The lowest BCUT2D eigenvalue weighted by Crippen LogP contribution is -2.49. The van der Waals surface area contributed by atoms with Crippen molar-refractivity contribution in [3.63, 3.8) is 0 Å². The van der Waals surface area contributed by atoms with Crippen LogP contribution in [-0.2, 0) is 11.3 Å². The first-order valence-electron chi connectivity index (χ1n) is 7.79. The van der Waals surface area contributed by atoms with Gasteiger partial charge in [0.2, 0.25) is 0 Å². The fourth-order valence-corrected chi connectivity index (χ4v) is 2.79. The highest BCUT2D eigenvalue weighted by atomic mass is 35.5. The predicted molar refractivity (Wildman–Crippen MR) is 91.6 cm³/mol. The summed E-state index contributed by atoms with van der Waals surface area (Å²) in [5, 5.41) is 6.49. The van der Waals surface area contributed by atoms with E-state index in [9.17, 15) is 9.18 Å². The van der Waals surface area contributed by atoms with Gasteiger partial charge in [0.15, 0.2) is 0 Å². The normalized spacial score (nSPS) is 19.2. The summed E-state index contributed by atoms with van der Waals surface area (Å²) in [5.74, 6) is -0.333. The Morgan fingerprint density at radius 3 is 2.67 bits per heavy atom. The van der Waals surface area contributed by atoms with E-state index < -0.39 is 6.09 Å². The van der Waals surface area contributed by atoms with Gasteiger partial charge in [-0.05, 0) is 36.6 Å². The molecule has 0 aromatic heterocycles. The average molecular weight is 349 g/mol. The van der Waals surface area contributed by atoms with E-state index >= 15 is 0 Å². The highest BCUT2D eigenvalue weighted by Gasteiger charge is 2.31. The van der Waals surface area contributed by atoms with E-state index in [1.807, 2.05) is 30.3 Å². The molecule has 1 saturated carbocycles. The molecule has 3 rings (SSSR count). The number of nitrogens with one attached hydrogen (secondary N) is 2. The number of benzene rings is 2. The molecule has 4 nitrogen and oxygen atoms in total. The van der Waals surface area contributed by atoms with Crippen LogP contribution in [0.15, 0.2) is 48.5 Å². The molecule has 6 heteroatoms. The largest absolute Gasteiger partial charge is 0.445 e. The molecule has 2 N–H and O–H groups in total. The first kappa shape index (κ1) is 16.6. The van der Waals surface area contributed by atoms with Crippen LogP contribution in [0.3, 0.4) is 0 Å². The van der Waals surface area contributed by atoms with Gasteiger partial charge < -0.3 is 15.4 Å². The van der Waals surface area contributed by atoms with Gasteiger partial charge >= 0.3 is 6.09 Å². The van der Waals surface area contributed by atoms with Gasteiger partial charge in [-0.1, -0.05) is 41.9 Å². The second kappa shape index (κ2) is 7.53. The van der Waals surface area contributed by atoms with Crippen LogP contribution in [0.5, 0.6) is 0 Å². The number of rotatable bonds is 5. The maximum Gasteiger partial charge on any atom is 0.407 e. The molecule has 0 heterocycles. The van der Waals surface area contributed by atoms with Gasteiger partial charge in [0, 0.05) is 12.1 Å². The molecule has 126 valence electrons. The van der Waals surface area contributed by atoms with Crippen LogP contribution in [0.25, 0.3) is 0 Å². The topological polar surface area (TPSA) is 50.4 Å². The lowest BCUT2D eigenvalue weighted by atomic mass is 9.86. The number of halogens is 2. The molecule has 24 heavy (non-hydrogen) atoms. The first-order valence-corrected chi connectivity index (χ1v) is 8.17. The molecule has 0 unspecified atom stereocenters. The summed E-state index contributed by atoms with van der Waals surface area (Å²) in [6.07, 6.45) is 1.06. The minimum atomic E-state index is -0.425. The zero-order chi connectivity index (χ0) is 16.9. The molecule has 1 aliphatic rings. The van der Waals surface area contributed by atoms with Crippen molar-refractivity contribution in [3.05, 3.63) is 64.9 Å². The number of hydrogen-bond acceptors (Lipinski definition) is 3. The molecular weight excluding hydrogens is 331 g/mol. The van der Waals surface area contributed by atoms with Crippen molar-refractivity contribution in [1.29, 1.82) is 0 Å². The minimum absolute atomic E-state index is 0.0538. The van der Waals surface area contributed by atoms with Crippen LogP contribution >= 0.6 is 11.6 Å². The SMILES string of the molecule is O=C(NC1CC(Nc2cc(F)ccc2Cl)C1)OCc1ccccc1. The van der Waals surface area contributed by atoms with E-state index in [1.54, 1.807) is 0 Å². The number of amides is 1. The molecule has 0 atom stereocenters. The zero-order valence-electron chi connectivity index (χ0n) is 13.0. The summed E-state index contributed by atoms with van der Waals surface area (Å²) in [5.41, 5.74) is 1.52. The van der Waals surface area contributed by atoms with E-state index in [4.69, 9.17) is 16.3 Å². The molecule has 0 saturated heterocycles. The Hall–Kier alpha value is -2.27. The molecule has 0 bridgehead atoms. The Labute approximate surface area is 145 Å². The third kappa shape index (κ3) is 4.38.